The van der Waals surface area contributed by atoms with E-state index in [-0.39, 0.29) is 0 Å². The van der Waals surface area contributed by atoms with Crippen LogP contribution in [-0.2, 0) is 13.0 Å². The summed E-state index contributed by atoms with van der Waals surface area (Å²) in [5.74, 6) is 0. The zero-order chi connectivity index (χ0) is 8.97. The first-order chi connectivity index (χ1) is 5.72. The summed E-state index contributed by atoms with van der Waals surface area (Å²) < 4.78 is 0. The zero-order valence-corrected chi connectivity index (χ0v) is 8.06. The highest BCUT2D eigenvalue weighted by molar-refractivity contribution is 7.11. The fourth-order valence-corrected chi connectivity index (χ4v) is 1.86. The molecule has 0 saturated heterocycles. The van der Waals surface area contributed by atoms with Gasteiger partial charge in [-0.2, -0.15) is 5.26 Å². The van der Waals surface area contributed by atoms with E-state index in [1.54, 1.807) is 11.3 Å². The van der Waals surface area contributed by atoms with Gasteiger partial charge in [-0.25, -0.2) is 4.98 Å². The Hall–Kier alpha value is -0.920. The van der Waals surface area contributed by atoms with Crippen LogP contribution in [0.1, 0.15) is 9.88 Å². The summed E-state index contributed by atoms with van der Waals surface area (Å²) in [5.41, 5.74) is 0. The topological polar surface area (TPSA) is 39.9 Å². The molecule has 0 saturated carbocycles. The molecule has 1 heterocycles. The van der Waals surface area contributed by atoms with Gasteiger partial charge in [0.05, 0.1) is 12.5 Å². The van der Waals surface area contributed by atoms with Crippen molar-refractivity contribution in [2.45, 2.75) is 13.0 Å². The van der Waals surface area contributed by atoms with E-state index >= 15 is 0 Å². The highest BCUT2D eigenvalue weighted by Crippen LogP contribution is 2.14. The lowest BCUT2D eigenvalue weighted by Crippen LogP contribution is -2.09. The Bertz CT molecular complexity index is 285. The van der Waals surface area contributed by atoms with Gasteiger partial charge in [0.2, 0.25) is 0 Å². The molecule has 1 rings (SSSR count). The first kappa shape index (κ1) is 9.17. The molecule has 0 radical (unpaired) electrons. The van der Waals surface area contributed by atoms with Crippen molar-refractivity contribution in [2.75, 3.05) is 14.1 Å². The second-order valence-corrected chi connectivity index (χ2v) is 3.99. The third kappa shape index (κ3) is 2.61. The lowest BCUT2D eigenvalue weighted by atomic mass is 10.5. The van der Waals surface area contributed by atoms with E-state index < -0.39 is 0 Å². The average Bonchev–Trinajstić information content (AvgIpc) is 2.36. The Morgan fingerprint density at radius 3 is 3.00 bits per heavy atom. The molecule has 0 N–H and O–H groups in total. The van der Waals surface area contributed by atoms with Crippen molar-refractivity contribution in [3.05, 3.63) is 16.1 Å². The van der Waals surface area contributed by atoms with Crippen LogP contribution in [0.4, 0.5) is 0 Å². The summed E-state index contributed by atoms with van der Waals surface area (Å²) >= 11 is 1.61. The van der Waals surface area contributed by atoms with Crippen LogP contribution >= 0.6 is 11.3 Å². The van der Waals surface area contributed by atoms with Crippen molar-refractivity contribution in [1.82, 2.24) is 9.88 Å². The number of aromatic nitrogens is 1. The molecule has 1 aromatic heterocycles. The molecule has 0 unspecified atom stereocenters. The maximum absolute atomic E-state index is 8.42. The van der Waals surface area contributed by atoms with Gasteiger partial charge in [0.1, 0.15) is 5.01 Å². The second kappa shape index (κ2) is 4.19. The molecule has 0 fully saturated rings. The smallest absolute Gasteiger partial charge is 0.107 e. The van der Waals surface area contributed by atoms with Crippen molar-refractivity contribution >= 4 is 11.3 Å². The van der Waals surface area contributed by atoms with Crippen molar-refractivity contribution in [2.24, 2.45) is 0 Å². The molecular weight excluding hydrogens is 170 g/mol. The second-order valence-electron chi connectivity index (χ2n) is 2.79. The van der Waals surface area contributed by atoms with Gasteiger partial charge in [-0.3, -0.25) is 0 Å². The molecule has 1 aromatic rings. The molecule has 12 heavy (non-hydrogen) atoms. The van der Waals surface area contributed by atoms with Crippen molar-refractivity contribution in [3.8, 4) is 6.07 Å². The van der Waals surface area contributed by atoms with Gasteiger partial charge >= 0.3 is 0 Å². The number of nitriles is 1. The van der Waals surface area contributed by atoms with Crippen molar-refractivity contribution < 1.29 is 0 Å². The van der Waals surface area contributed by atoms with Crippen LogP contribution in [0.3, 0.4) is 0 Å². The number of hydrogen-bond donors (Lipinski definition) is 0. The quantitative estimate of drug-likeness (QED) is 0.705. The van der Waals surface area contributed by atoms with Gasteiger partial charge in [-0.05, 0) is 14.1 Å². The molecule has 0 aliphatic heterocycles. The SMILES string of the molecule is CN(C)Cc1cnc(CC#N)s1. The molecule has 3 nitrogen and oxygen atoms in total. The Morgan fingerprint density at radius 1 is 1.67 bits per heavy atom. The van der Waals surface area contributed by atoms with Gasteiger partial charge < -0.3 is 4.90 Å². The fraction of sp³-hybridized carbons (Fsp3) is 0.500. The molecule has 0 aliphatic carbocycles. The number of thiazole rings is 1. The number of rotatable bonds is 3. The van der Waals surface area contributed by atoms with E-state index in [4.69, 9.17) is 5.26 Å². The minimum absolute atomic E-state index is 0.429. The predicted octanol–water partition coefficient (Wildman–Crippen LogP) is 1.27. The molecule has 0 amide bonds. The average molecular weight is 181 g/mol. The van der Waals surface area contributed by atoms with E-state index in [1.165, 1.54) is 4.88 Å². The molecule has 4 heteroatoms. The Balaban J connectivity index is 2.59. The normalized spacial score (nSPS) is 10.2. The summed E-state index contributed by atoms with van der Waals surface area (Å²) in [7, 11) is 4.04. The van der Waals surface area contributed by atoms with E-state index in [0.29, 0.717) is 6.42 Å². The molecule has 0 aromatic carbocycles. The minimum Gasteiger partial charge on any atom is -0.304 e. The minimum atomic E-state index is 0.429. The van der Waals surface area contributed by atoms with Crippen LogP contribution in [0, 0.1) is 11.3 Å². The van der Waals surface area contributed by atoms with E-state index in [1.807, 2.05) is 20.3 Å². The fourth-order valence-electron chi connectivity index (χ4n) is 0.882. The van der Waals surface area contributed by atoms with Crippen molar-refractivity contribution in [1.29, 1.82) is 5.26 Å². The first-order valence-corrected chi connectivity index (χ1v) is 4.49. The van der Waals surface area contributed by atoms with Crippen LogP contribution in [0.15, 0.2) is 6.20 Å². The summed E-state index contributed by atoms with van der Waals surface area (Å²) in [6, 6.07) is 2.08. The lowest BCUT2D eigenvalue weighted by Gasteiger charge is -2.05. The van der Waals surface area contributed by atoms with Crippen LogP contribution in [0.5, 0.6) is 0 Å². The van der Waals surface area contributed by atoms with Gasteiger partial charge in [0.15, 0.2) is 0 Å². The monoisotopic (exact) mass is 181 g/mol. The van der Waals surface area contributed by atoms with E-state index in [9.17, 15) is 0 Å². The van der Waals surface area contributed by atoms with Crippen LogP contribution in [0.2, 0.25) is 0 Å². The third-order valence-corrected chi connectivity index (χ3v) is 2.29. The van der Waals surface area contributed by atoms with E-state index in [0.717, 1.165) is 11.6 Å². The van der Waals surface area contributed by atoms with Crippen LogP contribution in [0.25, 0.3) is 0 Å². The summed E-state index contributed by atoms with van der Waals surface area (Å²) in [4.78, 5) is 7.43. The van der Waals surface area contributed by atoms with Gasteiger partial charge in [-0.1, -0.05) is 0 Å². The summed E-state index contributed by atoms with van der Waals surface area (Å²) in [6.45, 7) is 0.906. The predicted molar refractivity (Wildman–Crippen MR) is 48.8 cm³/mol. The number of nitrogens with zero attached hydrogens (tertiary/aromatic N) is 3. The Morgan fingerprint density at radius 2 is 2.42 bits per heavy atom. The number of hydrogen-bond acceptors (Lipinski definition) is 4. The Kier molecular flexibility index (Phi) is 3.20. The van der Waals surface area contributed by atoms with E-state index in [2.05, 4.69) is 16.0 Å². The van der Waals surface area contributed by atoms with Crippen LogP contribution < -0.4 is 0 Å². The largest absolute Gasteiger partial charge is 0.304 e. The standard InChI is InChI=1S/C8H11N3S/c1-11(2)6-7-5-10-8(12-7)3-4-9/h5H,3,6H2,1-2H3. The molecule has 64 valence electrons. The zero-order valence-electron chi connectivity index (χ0n) is 7.24. The van der Waals surface area contributed by atoms with Crippen LogP contribution in [-0.4, -0.2) is 24.0 Å². The Labute approximate surface area is 76.3 Å². The molecule has 0 bridgehead atoms. The summed E-state index contributed by atoms with van der Waals surface area (Å²) in [6.07, 6.45) is 2.27. The first-order valence-electron chi connectivity index (χ1n) is 3.67. The molecule has 0 spiro atoms. The maximum atomic E-state index is 8.42. The van der Waals surface area contributed by atoms with Gasteiger partial charge in [0.25, 0.3) is 0 Å². The van der Waals surface area contributed by atoms with Gasteiger partial charge in [-0.15, -0.1) is 11.3 Å². The highest BCUT2D eigenvalue weighted by atomic mass is 32.1. The van der Waals surface area contributed by atoms with Crippen molar-refractivity contribution in [3.63, 3.8) is 0 Å². The molecular formula is C8H11N3S. The molecule has 0 atom stereocenters. The van der Waals surface area contributed by atoms with Gasteiger partial charge in [0, 0.05) is 17.6 Å². The molecule has 0 aliphatic rings. The maximum Gasteiger partial charge on any atom is 0.107 e. The lowest BCUT2D eigenvalue weighted by molar-refractivity contribution is 0.406. The summed E-state index contributed by atoms with van der Waals surface area (Å²) in [5, 5.41) is 9.33. The third-order valence-electron chi connectivity index (χ3n) is 1.30. The highest BCUT2D eigenvalue weighted by Gasteiger charge is 2.01.